The van der Waals surface area contributed by atoms with Gasteiger partial charge in [0, 0.05) is 34.8 Å². The molecule has 0 atom stereocenters. The van der Waals surface area contributed by atoms with Gasteiger partial charge in [-0.1, -0.05) is 22.0 Å². The molecular formula is C18H14BrN3O5. The van der Waals surface area contributed by atoms with Crippen LogP contribution in [0.5, 0.6) is 0 Å². The van der Waals surface area contributed by atoms with Crippen LogP contribution in [0.2, 0.25) is 0 Å². The van der Waals surface area contributed by atoms with E-state index < -0.39 is 22.6 Å². The number of rotatable bonds is 5. The number of nitrogens with one attached hydrogen (secondary N) is 1. The number of nitrogens with zero attached hydrogens (tertiary/aromatic N) is 2. The van der Waals surface area contributed by atoms with Crippen molar-refractivity contribution < 1.29 is 19.3 Å². The number of halogens is 1. The first-order chi connectivity index (χ1) is 12.8. The van der Waals surface area contributed by atoms with Crippen molar-refractivity contribution in [2.75, 3.05) is 11.9 Å². The highest BCUT2D eigenvalue weighted by Gasteiger charge is 2.35. The molecule has 0 aromatic heterocycles. The fourth-order valence-electron chi connectivity index (χ4n) is 2.79. The maximum absolute atomic E-state index is 12.4. The molecule has 0 saturated heterocycles. The van der Waals surface area contributed by atoms with Gasteiger partial charge in [0.05, 0.1) is 16.1 Å². The van der Waals surface area contributed by atoms with Gasteiger partial charge in [-0.2, -0.15) is 0 Å². The fourth-order valence-corrected chi connectivity index (χ4v) is 3.15. The van der Waals surface area contributed by atoms with E-state index in [1.165, 1.54) is 12.1 Å². The molecule has 3 amide bonds. The molecule has 0 aliphatic carbocycles. The second-order valence-electron chi connectivity index (χ2n) is 6.01. The van der Waals surface area contributed by atoms with E-state index in [0.29, 0.717) is 21.2 Å². The summed E-state index contributed by atoms with van der Waals surface area (Å²) >= 11 is 3.26. The van der Waals surface area contributed by atoms with Crippen LogP contribution in [0.15, 0.2) is 40.9 Å². The smallest absolute Gasteiger partial charge is 0.274 e. The van der Waals surface area contributed by atoms with E-state index in [4.69, 9.17) is 0 Å². The van der Waals surface area contributed by atoms with E-state index in [9.17, 15) is 24.5 Å². The molecule has 1 N–H and O–H groups in total. The first kappa shape index (κ1) is 18.7. The number of nitro groups is 1. The molecule has 0 saturated carbocycles. The van der Waals surface area contributed by atoms with Gasteiger partial charge in [0.25, 0.3) is 17.5 Å². The number of nitro benzene ring substituents is 1. The second kappa shape index (κ2) is 7.28. The minimum absolute atomic E-state index is 0.0796. The molecule has 0 unspecified atom stereocenters. The van der Waals surface area contributed by atoms with Crippen molar-refractivity contribution >= 4 is 45.0 Å². The van der Waals surface area contributed by atoms with E-state index in [1.54, 1.807) is 31.2 Å². The third-order valence-electron chi connectivity index (χ3n) is 4.18. The maximum Gasteiger partial charge on any atom is 0.274 e. The molecule has 0 bridgehead atoms. The Morgan fingerprint density at radius 3 is 2.56 bits per heavy atom. The number of aryl methyl sites for hydroxylation is 1. The summed E-state index contributed by atoms with van der Waals surface area (Å²) in [6.45, 7) is 1.52. The van der Waals surface area contributed by atoms with Crippen LogP contribution in [-0.4, -0.2) is 34.1 Å². The largest absolute Gasteiger partial charge is 0.326 e. The Labute approximate surface area is 162 Å². The normalized spacial score (nSPS) is 12.9. The average Bonchev–Trinajstić information content (AvgIpc) is 2.85. The molecule has 1 heterocycles. The van der Waals surface area contributed by atoms with Crippen LogP contribution in [0.4, 0.5) is 11.4 Å². The third-order valence-corrected chi connectivity index (χ3v) is 4.68. The molecule has 0 fully saturated rings. The summed E-state index contributed by atoms with van der Waals surface area (Å²) in [5, 5.41) is 13.5. The predicted molar refractivity (Wildman–Crippen MR) is 101 cm³/mol. The number of benzene rings is 2. The van der Waals surface area contributed by atoms with Gasteiger partial charge in [-0.25, -0.2) is 0 Å². The minimum atomic E-state index is -0.526. The van der Waals surface area contributed by atoms with Crippen LogP contribution in [-0.2, 0) is 4.79 Å². The first-order valence-electron chi connectivity index (χ1n) is 7.98. The molecule has 9 heteroatoms. The van der Waals surface area contributed by atoms with E-state index in [1.807, 2.05) is 0 Å². The highest BCUT2D eigenvalue weighted by molar-refractivity contribution is 9.10. The summed E-state index contributed by atoms with van der Waals surface area (Å²) in [4.78, 5) is 48.3. The predicted octanol–water partition coefficient (Wildman–Crippen LogP) is 3.29. The van der Waals surface area contributed by atoms with Gasteiger partial charge in [-0.05, 0) is 31.2 Å². The molecule has 1 aliphatic rings. The van der Waals surface area contributed by atoms with Crippen LogP contribution in [0.1, 0.15) is 32.7 Å². The summed E-state index contributed by atoms with van der Waals surface area (Å²) in [5.41, 5.74) is 1.26. The van der Waals surface area contributed by atoms with E-state index in [0.717, 1.165) is 4.90 Å². The number of anilines is 1. The summed E-state index contributed by atoms with van der Waals surface area (Å²) in [7, 11) is 0. The average molecular weight is 432 g/mol. The van der Waals surface area contributed by atoms with Crippen molar-refractivity contribution in [1.82, 2.24) is 4.90 Å². The molecule has 2 aromatic rings. The maximum atomic E-state index is 12.4. The zero-order valence-corrected chi connectivity index (χ0v) is 15.8. The summed E-state index contributed by atoms with van der Waals surface area (Å²) in [6.07, 6.45) is -0.117. The lowest BCUT2D eigenvalue weighted by Crippen LogP contribution is -2.32. The first-order valence-corrected chi connectivity index (χ1v) is 8.78. The van der Waals surface area contributed by atoms with Crippen molar-refractivity contribution in [2.24, 2.45) is 0 Å². The van der Waals surface area contributed by atoms with Gasteiger partial charge < -0.3 is 5.32 Å². The molecule has 27 heavy (non-hydrogen) atoms. The standard InChI is InChI=1S/C18H14BrN3O5/c1-10-2-4-12(9-15(10)22(26)27)20-16(23)6-7-21-17(24)13-5-3-11(19)8-14(13)18(21)25/h2-5,8-9H,6-7H2,1H3,(H,20,23). The van der Waals surface area contributed by atoms with Crippen LogP contribution in [0, 0.1) is 17.0 Å². The van der Waals surface area contributed by atoms with E-state index >= 15 is 0 Å². The molecule has 138 valence electrons. The van der Waals surface area contributed by atoms with Crippen LogP contribution in [0.25, 0.3) is 0 Å². The summed E-state index contributed by atoms with van der Waals surface area (Å²) < 4.78 is 0.683. The Morgan fingerprint density at radius 2 is 1.85 bits per heavy atom. The van der Waals surface area contributed by atoms with Crippen molar-refractivity contribution in [3.63, 3.8) is 0 Å². The Kier molecular flexibility index (Phi) is 5.04. The number of hydrogen-bond donors (Lipinski definition) is 1. The Hall–Kier alpha value is -3.07. The Balaban J connectivity index is 1.65. The van der Waals surface area contributed by atoms with Gasteiger partial charge in [0.15, 0.2) is 0 Å². The number of carbonyl (C=O) groups is 3. The van der Waals surface area contributed by atoms with Crippen LogP contribution < -0.4 is 5.32 Å². The van der Waals surface area contributed by atoms with Gasteiger partial charge >= 0.3 is 0 Å². The zero-order chi connectivity index (χ0) is 19.7. The Morgan fingerprint density at radius 1 is 1.15 bits per heavy atom. The van der Waals surface area contributed by atoms with Gasteiger partial charge in [-0.3, -0.25) is 29.4 Å². The van der Waals surface area contributed by atoms with Crippen LogP contribution >= 0.6 is 15.9 Å². The molecule has 1 aliphatic heterocycles. The van der Waals surface area contributed by atoms with Crippen LogP contribution in [0.3, 0.4) is 0 Å². The lowest BCUT2D eigenvalue weighted by atomic mass is 10.1. The highest BCUT2D eigenvalue weighted by atomic mass is 79.9. The number of fused-ring (bicyclic) bond motifs is 1. The van der Waals surface area contributed by atoms with E-state index in [-0.39, 0.29) is 24.3 Å². The van der Waals surface area contributed by atoms with Crippen molar-refractivity contribution in [1.29, 1.82) is 0 Å². The molecular weight excluding hydrogens is 418 g/mol. The minimum Gasteiger partial charge on any atom is -0.326 e. The van der Waals surface area contributed by atoms with Crippen molar-refractivity contribution in [2.45, 2.75) is 13.3 Å². The molecule has 0 spiro atoms. The van der Waals surface area contributed by atoms with Crippen molar-refractivity contribution in [3.05, 3.63) is 67.7 Å². The Bertz CT molecular complexity index is 989. The number of amides is 3. The fraction of sp³-hybridized carbons (Fsp3) is 0.167. The van der Waals surface area contributed by atoms with Gasteiger partial charge in [0.1, 0.15) is 0 Å². The topological polar surface area (TPSA) is 110 Å². The van der Waals surface area contributed by atoms with Crippen molar-refractivity contribution in [3.8, 4) is 0 Å². The lowest BCUT2D eigenvalue weighted by Gasteiger charge is -2.13. The monoisotopic (exact) mass is 431 g/mol. The summed E-state index contributed by atoms with van der Waals surface area (Å²) in [6, 6.07) is 9.17. The molecule has 2 aromatic carbocycles. The zero-order valence-electron chi connectivity index (χ0n) is 14.2. The summed E-state index contributed by atoms with van der Waals surface area (Å²) in [5.74, 6) is -1.35. The van der Waals surface area contributed by atoms with Gasteiger partial charge in [-0.15, -0.1) is 0 Å². The SMILES string of the molecule is Cc1ccc(NC(=O)CCN2C(=O)c3ccc(Br)cc3C2=O)cc1[N+](=O)[O-]. The number of imide groups is 1. The number of carbonyl (C=O) groups excluding carboxylic acids is 3. The molecule has 8 nitrogen and oxygen atoms in total. The van der Waals surface area contributed by atoms with E-state index in [2.05, 4.69) is 21.2 Å². The van der Waals surface area contributed by atoms with Gasteiger partial charge in [0.2, 0.25) is 5.91 Å². The second-order valence-corrected chi connectivity index (χ2v) is 6.92. The third kappa shape index (κ3) is 3.72. The lowest BCUT2D eigenvalue weighted by molar-refractivity contribution is -0.385. The molecule has 3 rings (SSSR count). The highest BCUT2D eigenvalue weighted by Crippen LogP contribution is 2.26. The molecule has 0 radical (unpaired) electrons. The number of hydrogen-bond acceptors (Lipinski definition) is 5. The quantitative estimate of drug-likeness (QED) is 0.443.